The molecule has 2 aliphatic rings. The molecule has 9 heteroatoms. The van der Waals surface area contributed by atoms with Crippen LogP contribution in [-0.2, 0) is 29.9 Å². The maximum absolute atomic E-state index is 12.2. The maximum Gasteiger partial charge on any atom is 0.315 e. The van der Waals surface area contributed by atoms with Crippen LogP contribution in [0.4, 0.5) is 0 Å². The summed E-state index contributed by atoms with van der Waals surface area (Å²) in [6, 6.07) is -0.746. The van der Waals surface area contributed by atoms with Crippen LogP contribution >= 0.6 is 15.9 Å². The monoisotopic (exact) mass is 352 g/mol. The summed E-state index contributed by atoms with van der Waals surface area (Å²) in [7, 11) is -0.159. The average Bonchev–Trinajstić information content (AvgIpc) is 2.43. The van der Waals surface area contributed by atoms with Crippen molar-refractivity contribution in [2.24, 2.45) is 5.41 Å². The third kappa shape index (κ3) is 2.08. The molecule has 3 unspecified atom stereocenters. The zero-order valence-corrected chi connectivity index (χ0v) is 12.5. The lowest BCUT2D eigenvalue weighted by atomic mass is 9.89. The van der Waals surface area contributed by atoms with Crippen LogP contribution in [0.5, 0.6) is 0 Å². The molecule has 0 aromatic carbocycles. The molecule has 0 aromatic rings. The van der Waals surface area contributed by atoms with Crippen molar-refractivity contribution in [1.82, 2.24) is 10.2 Å². The Morgan fingerprint density at radius 1 is 1.74 bits per heavy atom. The quantitative estimate of drug-likeness (QED) is 0.290. The molecule has 0 bridgehead atoms. The predicted octanol–water partition coefficient (Wildman–Crippen LogP) is -1.41. The van der Waals surface area contributed by atoms with Gasteiger partial charge in [-0.15, -0.1) is 0 Å². The smallest absolute Gasteiger partial charge is 0.315 e. The summed E-state index contributed by atoms with van der Waals surface area (Å²) in [6.45, 7) is 0.150. The number of carbonyl (C=O) groups is 3. The fourth-order valence-corrected chi connectivity index (χ4v) is 5.27. The van der Waals surface area contributed by atoms with Gasteiger partial charge >= 0.3 is 5.97 Å². The molecular formula is C10H13BrN2O5S. The van der Waals surface area contributed by atoms with Gasteiger partial charge in [0.1, 0.15) is 16.8 Å². The Balaban J connectivity index is 2.23. The summed E-state index contributed by atoms with van der Waals surface area (Å²) in [5, 5.41) is 2.08. The number of esters is 1. The molecule has 2 fully saturated rings. The number of alkyl halides is 1. The van der Waals surface area contributed by atoms with Crippen molar-refractivity contribution < 1.29 is 23.3 Å². The molecule has 19 heavy (non-hydrogen) atoms. The highest BCUT2D eigenvalue weighted by atomic mass is 79.9. The summed E-state index contributed by atoms with van der Waals surface area (Å²) < 4.78 is 17.0. The lowest BCUT2D eigenvalue weighted by molar-refractivity contribution is -0.159. The van der Waals surface area contributed by atoms with Crippen molar-refractivity contribution >= 4 is 45.0 Å². The van der Waals surface area contributed by atoms with Gasteiger partial charge in [0.2, 0.25) is 12.3 Å². The van der Waals surface area contributed by atoms with E-state index in [4.69, 9.17) is 4.74 Å². The van der Waals surface area contributed by atoms with Gasteiger partial charge in [-0.1, -0.05) is 15.9 Å². The molecule has 0 radical (unpaired) electrons. The summed E-state index contributed by atoms with van der Waals surface area (Å²) in [5.74, 6) is -0.702. The van der Waals surface area contributed by atoms with Gasteiger partial charge in [0.05, 0.1) is 7.11 Å². The lowest BCUT2D eigenvalue weighted by Gasteiger charge is -2.53. The van der Waals surface area contributed by atoms with Gasteiger partial charge < -0.3 is 15.0 Å². The number of nitrogens with zero attached hydrogens (tertiary/aromatic N) is 1. The van der Waals surface area contributed by atoms with Crippen LogP contribution in [0, 0.1) is 5.41 Å². The normalized spacial score (nSPS) is 37.1. The molecule has 2 heterocycles. The first-order valence-corrected chi connectivity index (χ1v) is 8.03. The summed E-state index contributed by atoms with van der Waals surface area (Å²) in [5.41, 5.74) is -0.988. The highest BCUT2D eigenvalue weighted by molar-refractivity contribution is 9.09. The second-order valence-corrected chi connectivity index (χ2v) is 6.64. The number of hydrogen-bond acceptors (Lipinski definition) is 5. The molecule has 2 saturated heterocycles. The zero-order chi connectivity index (χ0) is 14.2. The largest absolute Gasteiger partial charge is 0.468 e. The van der Waals surface area contributed by atoms with Crippen molar-refractivity contribution in [3.05, 3.63) is 0 Å². The van der Waals surface area contributed by atoms with Crippen LogP contribution in [-0.4, -0.2) is 63.5 Å². The minimum atomic E-state index is -1.42. The molecule has 106 valence electrons. The van der Waals surface area contributed by atoms with E-state index < -0.39 is 33.6 Å². The van der Waals surface area contributed by atoms with Gasteiger partial charge in [0, 0.05) is 28.4 Å². The van der Waals surface area contributed by atoms with Gasteiger partial charge in [0.15, 0.2) is 0 Å². The second kappa shape index (κ2) is 5.20. The first-order valence-electron chi connectivity index (χ1n) is 5.52. The lowest BCUT2D eigenvalue weighted by Crippen LogP contribution is -2.76. The minimum absolute atomic E-state index is 0.108. The van der Waals surface area contributed by atoms with E-state index in [1.54, 1.807) is 0 Å². The fourth-order valence-electron chi connectivity index (χ4n) is 2.42. The average molecular weight is 353 g/mol. The number of ether oxygens (including phenoxy) is 1. The molecular weight excluding hydrogens is 340 g/mol. The number of amides is 2. The predicted molar refractivity (Wildman–Crippen MR) is 69.7 cm³/mol. The third-order valence-corrected chi connectivity index (χ3v) is 6.40. The van der Waals surface area contributed by atoms with E-state index in [-0.39, 0.29) is 23.5 Å². The fraction of sp³-hybridized carbons (Fsp3) is 0.700. The first kappa shape index (κ1) is 14.4. The van der Waals surface area contributed by atoms with E-state index in [0.717, 1.165) is 0 Å². The first-order chi connectivity index (χ1) is 9.00. The second-order valence-electron chi connectivity index (χ2n) is 4.55. The topological polar surface area (TPSA) is 92.8 Å². The highest BCUT2D eigenvalue weighted by Gasteiger charge is 2.60. The minimum Gasteiger partial charge on any atom is -0.468 e. The summed E-state index contributed by atoms with van der Waals surface area (Å²) in [4.78, 5) is 35.5. The van der Waals surface area contributed by atoms with Crippen molar-refractivity contribution in [1.29, 1.82) is 0 Å². The van der Waals surface area contributed by atoms with Crippen LogP contribution in [0.3, 0.4) is 0 Å². The van der Waals surface area contributed by atoms with Crippen LogP contribution in [0.1, 0.15) is 0 Å². The SMILES string of the molecule is COC(=O)C1(CBr)CN2C(=O)C(NC=O)[C@H]2S(=O)C1. The third-order valence-electron chi connectivity index (χ3n) is 3.42. The molecule has 7 nitrogen and oxygen atoms in total. The molecule has 0 aromatic heterocycles. The van der Waals surface area contributed by atoms with E-state index >= 15 is 0 Å². The Hall–Kier alpha value is -0.960. The molecule has 0 aliphatic carbocycles. The molecule has 2 aliphatic heterocycles. The van der Waals surface area contributed by atoms with Crippen LogP contribution < -0.4 is 5.32 Å². The number of β-lactam (4-membered cyclic amide) rings is 1. The Morgan fingerprint density at radius 3 is 2.95 bits per heavy atom. The number of methoxy groups -OCH3 is 1. The van der Waals surface area contributed by atoms with Gasteiger partial charge in [-0.05, 0) is 0 Å². The molecule has 0 spiro atoms. The van der Waals surface area contributed by atoms with E-state index in [0.29, 0.717) is 6.41 Å². The van der Waals surface area contributed by atoms with Gasteiger partial charge in [-0.25, -0.2) is 0 Å². The molecule has 2 amide bonds. The Morgan fingerprint density at radius 2 is 2.42 bits per heavy atom. The molecule has 0 saturated carbocycles. The van der Waals surface area contributed by atoms with E-state index in [9.17, 15) is 18.6 Å². The number of nitrogens with one attached hydrogen (secondary N) is 1. The standard InChI is InChI=1S/C10H13BrN2O5S/c1-18-9(16)10(2-11)3-13-7(15)6(12-5-14)8(13)19(17)4-10/h5-6,8H,2-4H2,1H3,(H,12,14)/t6?,8-,10?,19?/m1/s1. The Kier molecular flexibility index (Phi) is 3.95. The van der Waals surface area contributed by atoms with Gasteiger partial charge in [-0.3, -0.25) is 18.6 Å². The van der Waals surface area contributed by atoms with E-state index in [1.807, 2.05) is 0 Å². The molecule has 4 atom stereocenters. The van der Waals surface area contributed by atoms with Crippen molar-refractivity contribution in [2.45, 2.75) is 11.4 Å². The number of halogens is 1. The highest BCUT2D eigenvalue weighted by Crippen LogP contribution is 2.38. The molecule has 2 rings (SSSR count). The summed E-state index contributed by atoms with van der Waals surface area (Å²) in [6.07, 6.45) is 0.420. The Labute approximate surface area is 120 Å². The van der Waals surface area contributed by atoms with E-state index in [1.165, 1.54) is 12.0 Å². The van der Waals surface area contributed by atoms with Crippen LogP contribution in [0.25, 0.3) is 0 Å². The van der Waals surface area contributed by atoms with Crippen molar-refractivity contribution in [3.63, 3.8) is 0 Å². The maximum atomic E-state index is 12.2. The number of carbonyl (C=O) groups excluding carboxylic acids is 3. The summed E-state index contributed by atoms with van der Waals surface area (Å²) >= 11 is 3.23. The zero-order valence-electron chi connectivity index (χ0n) is 10.1. The van der Waals surface area contributed by atoms with Crippen molar-refractivity contribution in [2.75, 3.05) is 24.7 Å². The number of rotatable bonds is 4. The van der Waals surface area contributed by atoms with Crippen LogP contribution in [0.2, 0.25) is 0 Å². The van der Waals surface area contributed by atoms with Crippen molar-refractivity contribution in [3.8, 4) is 0 Å². The van der Waals surface area contributed by atoms with E-state index in [2.05, 4.69) is 21.2 Å². The molecule has 1 N–H and O–H groups in total. The van der Waals surface area contributed by atoms with Crippen LogP contribution in [0.15, 0.2) is 0 Å². The van der Waals surface area contributed by atoms with Gasteiger partial charge in [0.25, 0.3) is 0 Å². The number of hydrogen-bond donors (Lipinski definition) is 1. The Bertz CT molecular complexity index is 459. The van der Waals surface area contributed by atoms with Gasteiger partial charge in [-0.2, -0.15) is 0 Å². The number of fused-ring (bicyclic) bond motifs is 1.